The highest BCUT2D eigenvalue weighted by molar-refractivity contribution is 9.11. The first kappa shape index (κ1) is 16.0. The van der Waals surface area contributed by atoms with Gasteiger partial charge in [0.2, 0.25) is 0 Å². The first-order chi connectivity index (χ1) is 9.18. The number of rotatable bonds is 1. The molecule has 1 aliphatic rings. The maximum Gasteiger partial charge on any atom is 0.0764 e. The summed E-state index contributed by atoms with van der Waals surface area (Å²) in [5.74, 6) is 0. The molecule has 1 aromatic carbocycles. The molecule has 3 rings (SSSR count). The first-order valence-electron chi connectivity index (χ1n) is 6.37. The van der Waals surface area contributed by atoms with Crippen LogP contribution in [0.1, 0.15) is 5.56 Å². The largest absolute Gasteiger partial charge is 0.367 e. The van der Waals surface area contributed by atoms with Crippen LogP contribution in [0.2, 0.25) is 0 Å². The summed E-state index contributed by atoms with van der Waals surface area (Å²) in [6.45, 7) is 6.24. The Morgan fingerprint density at radius 1 is 1.15 bits per heavy atom. The standard InChI is InChI=1S/C14H15Br2N3.ClH/c1-9-11(15)3-2-10-13(9)18-8-12(16)14(10)19-6-4-17-5-7-19;/h2-3,8,17H,4-7H2,1H3;1H. The van der Waals surface area contributed by atoms with Gasteiger partial charge in [0, 0.05) is 42.2 Å². The van der Waals surface area contributed by atoms with E-state index in [1.165, 1.54) is 16.6 Å². The van der Waals surface area contributed by atoms with Gasteiger partial charge in [-0.25, -0.2) is 0 Å². The van der Waals surface area contributed by atoms with Crippen LogP contribution in [0.3, 0.4) is 0 Å². The van der Waals surface area contributed by atoms with Crippen LogP contribution in [0, 0.1) is 6.92 Å². The lowest BCUT2D eigenvalue weighted by Crippen LogP contribution is -2.43. The molecule has 1 saturated heterocycles. The molecule has 0 bridgehead atoms. The second kappa shape index (κ2) is 6.60. The number of aromatic nitrogens is 1. The minimum Gasteiger partial charge on any atom is -0.367 e. The zero-order valence-electron chi connectivity index (χ0n) is 11.1. The number of piperazine rings is 1. The van der Waals surface area contributed by atoms with Gasteiger partial charge in [0.1, 0.15) is 0 Å². The van der Waals surface area contributed by atoms with Crippen molar-refractivity contribution >= 4 is 60.9 Å². The quantitative estimate of drug-likeness (QED) is 0.757. The molecule has 20 heavy (non-hydrogen) atoms. The third kappa shape index (κ3) is 2.82. The summed E-state index contributed by atoms with van der Waals surface area (Å²) in [7, 11) is 0. The van der Waals surface area contributed by atoms with Crippen LogP contribution in [-0.4, -0.2) is 31.2 Å². The van der Waals surface area contributed by atoms with Crippen LogP contribution >= 0.6 is 44.3 Å². The summed E-state index contributed by atoms with van der Waals surface area (Å²) >= 11 is 7.24. The number of hydrogen-bond acceptors (Lipinski definition) is 3. The molecule has 0 atom stereocenters. The molecule has 1 aliphatic heterocycles. The molecular weight excluding hydrogens is 405 g/mol. The predicted octanol–water partition coefficient (Wildman–Crippen LogP) is 3.90. The van der Waals surface area contributed by atoms with E-state index in [4.69, 9.17) is 0 Å². The summed E-state index contributed by atoms with van der Waals surface area (Å²) in [5.41, 5.74) is 3.54. The Morgan fingerprint density at radius 3 is 2.55 bits per heavy atom. The molecule has 1 N–H and O–H groups in total. The van der Waals surface area contributed by atoms with Crippen LogP contribution in [-0.2, 0) is 0 Å². The first-order valence-corrected chi connectivity index (χ1v) is 7.96. The lowest BCUT2D eigenvalue weighted by molar-refractivity contribution is 0.589. The number of fused-ring (bicyclic) bond motifs is 1. The van der Waals surface area contributed by atoms with Crippen LogP contribution < -0.4 is 10.2 Å². The highest BCUT2D eigenvalue weighted by Crippen LogP contribution is 2.36. The van der Waals surface area contributed by atoms with Crippen LogP contribution in [0.4, 0.5) is 5.69 Å². The van der Waals surface area contributed by atoms with Crippen molar-refractivity contribution in [2.24, 2.45) is 0 Å². The van der Waals surface area contributed by atoms with Crippen molar-refractivity contribution in [3.63, 3.8) is 0 Å². The number of aryl methyl sites for hydroxylation is 1. The van der Waals surface area contributed by atoms with Crippen molar-refractivity contribution in [3.05, 3.63) is 32.8 Å². The van der Waals surface area contributed by atoms with E-state index >= 15 is 0 Å². The number of benzene rings is 1. The van der Waals surface area contributed by atoms with Crippen molar-refractivity contribution in [2.75, 3.05) is 31.1 Å². The Kier molecular flexibility index (Phi) is 5.29. The van der Waals surface area contributed by atoms with Gasteiger partial charge in [0.15, 0.2) is 0 Å². The predicted molar refractivity (Wildman–Crippen MR) is 94.2 cm³/mol. The molecule has 0 aliphatic carbocycles. The minimum absolute atomic E-state index is 0. The number of pyridine rings is 1. The second-order valence-electron chi connectivity index (χ2n) is 4.76. The molecule has 0 saturated carbocycles. The molecule has 2 heterocycles. The van der Waals surface area contributed by atoms with E-state index < -0.39 is 0 Å². The van der Waals surface area contributed by atoms with Gasteiger partial charge in [-0.2, -0.15) is 0 Å². The third-order valence-electron chi connectivity index (χ3n) is 3.59. The van der Waals surface area contributed by atoms with Gasteiger partial charge < -0.3 is 10.2 Å². The SMILES string of the molecule is Cc1c(Br)ccc2c(N3CCNCC3)c(Br)cnc12.Cl. The van der Waals surface area contributed by atoms with Crippen molar-refractivity contribution in [1.82, 2.24) is 10.3 Å². The van der Waals surface area contributed by atoms with Gasteiger partial charge in [-0.15, -0.1) is 12.4 Å². The normalized spacial score (nSPS) is 15.2. The smallest absolute Gasteiger partial charge is 0.0764 e. The van der Waals surface area contributed by atoms with Crippen LogP contribution in [0.5, 0.6) is 0 Å². The Bertz CT molecular complexity index is 627. The lowest BCUT2D eigenvalue weighted by atomic mass is 10.1. The van der Waals surface area contributed by atoms with E-state index in [1.807, 2.05) is 6.20 Å². The van der Waals surface area contributed by atoms with Crippen LogP contribution in [0.25, 0.3) is 10.9 Å². The fraction of sp³-hybridized carbons (Fsp3) is 0.357. The van der Waals surface area contributed by atoms with E-state index in [9.17, 15) is 0 Å². The van der Waals surface area contributed by atoms with Crippen molar-refractivity contribution < 1.29 is 0 Å². The Labute approximate surface area is 141 Å². The molecule has 1 fully saturated rings. The number of nitrogens with zero attached hydrogens (tertiary/aromatic N) is 2. The average molecular weight is 422 g/mol. The average Bonchev–Trinajstić information content (AvgIpc) is 2.44. The molecular formula is C14H16Br2ClN3. The second-order valence-corrected chi connectivity index (χ2v) is 6.47. The van der Waals surface area contributed by atoms with Crippen molar-refractivity contribution in [2.45, 2.75) is 6.92 Å². The molecule has 0 amide bonds. The van der Waals surface area contributed by atoms with Gasteiger partial charge in [-0.3, -0.25) is 4.98 Å². The molecule has 0 radical (unpaired) electrons. The monoisotopic (exact) mass is 419 g/mol. The fourth-order valence-electron chi connectivity index (χ4n) is 2.55. The van der Waals surface area contributed by atoms with Gasteiger partial charge in [-0.1, -0.05) is 15.9 Å². The number of nitrogens with one attached hydrogen (secondary N) is 1. The molecule has 3 nitrogen and oxygen atoms in total. The molecule has 1 aromatic heterocycles. The van der Waals surface area contributed by atoms with Crippen LogP contribution in [0.15, 0.2) is 27.3 Å². The molecule has 0 unspecified atom stereocenters. The molecule has 0 spiro atoms. The Morgan fingerprint density at radius 2 is 1.85 bits per heavy atom. The summed E-state index contributed by atoms with van der Waals surface area (Å²) in [5, 5.41) is 4.61. The molecule has 6 heteroatoms. The summed E-state index contributed by atoms with van der Waals surface area (Å²) in [6, 6.07) is 4.26. The van der Waals surface area contributed by atoms with E-state index in [0.717, 1.165) is 40.6 Å². The zero-order chi connectivity index (χ0) is 13.4. The van der Waals surface area contributed by atoms with Crippen molar-refractivity contribution in [1.29, 1.82) is 0 Å². The number of hydrogen-bond donors (Lipinski definition) is 1. The highest BCUT2D eigenvalue weighted by atomic mass is 79.9. The highest BCUT2D eigenvalue weighted by Gasteiger charge is 2.18. The molecule has 108 valence electrons. The topological polar surface area (TPSA) is 28.2 Å². The summed E-state index contributed by atoms with van der Waals surface area (Å²) in [6.07, 6.45) is 1.92. The van der Waals surface area contributed by atoms with E-state index in [-0.39, 0.29) is 12.4 Å². The summed E-state index contributed by atoms with van der Waals surface area (Å²) in [4.78, 5) is 7.01. The maximum absolute atomic E-state index is 4.58. The zero-order valence-corrected chi connectivity index (χ0v) is 15.1. The van der Waals surface area contributed by atoms with Gasteiger partial charge in [0.25, 0.3) is 0 Å². The number of anilines is 1. The van der Waals surface area contributed by atoms with E-state index in [2.05, 4.69) is 66.1 Å². The maximum atomic E-state index is 4.58. The van der Waals surface area contributed by atoms with E-state index in [0.29, 0.717) is 0 Å². The van der Waals surface area contributed by atoms with Gasteiger partial charge >= 0.3 is 0 Å². The summed E-state index contributed by atoms with van der Waals surface area (Å²) < 4.78 is 2.18. The molecule has 2 aromatic rings. The van der Waals surface area contributed by atoms with Crippen molar-refractivity contribution in [3.8, 4) is 0 Å². The minimum atomic E-state index is 0. The Balaban J connectivity index is 0.00000147. The Hall–Kier alpha value is -0.360. The third-order valence-corrected chi connectivity index (χ3v) is 5.03. The van der Waals surface area contributed by atoms with Gasteiger partial charge in [0.05, 0.1) is 15.7 Å². The lowest BCUT2D eigenvalue weighted by Gasteiger charge is -2.31. The van der Waals surface area contributed by atoms with E-state index in [1.54, 1.807) is 0 Å². The van der Waals surface area contributed by atoms with Gasteiger partial charge in [-0.05, 0) is 40.5 Å². The fourth-order valence-corrected chi connectivity index (χ4v) is 3.44. The number of halogens is 3.